The van der Waals surface area contributed by atoms with Crippen LogP contribution in [0.15, 0.2) is 30.3 Å². The van der Waals surface area contributed by atoms with E-state index in [0.29, 0.717) is 13.2 Å². The lowest BCUT2D eigenvalue weighted by Gasteiger charge is -2.13. The van der Waals surface area contributed by atoms with Gasteiger partial charge in [-0.05, 0) is 25.3 Å². The standard InChI is InChI=1S/C14H22N2O2/c1-12(11-18-2)16-14(17)15-10-6-9-13-7-4-3-5-8-13/h3-5,7-8,12H,6,9-11H2,1-2H3,(H2,15,16,17). The molecular formula is C14H22N2O2. The van der Waals surface area contributed by atoms with Crippen molar-refractivity contribution >= 4 is 6.03 Å². The van der Waals surface area contributed by atoms with Crippen LogP contribution in [0.4, 0.5) is 4.79 Å². The van der Waals surface area contributed by atoms with E-state index in [1.54, 1.807) is 7.11 Å². The summed E-state index contributed by atoms with van der Waals surface area (Å²) >= 11 is 0. The number of carbonyl (C=O) groups excluding carboxylic acids is 1. The Bertz CT molecular complexity index is 341. The highest BCUT2D eigenvalue weighted by atomic mass is 16.5. The van der Waals surface area contributed by atoms with Crippen molar-refractivity contribution in [1.82, 2.24) is 10.6 Å². The maximum atomic E-state index is 11.5. The Balaban J connectivity index is 2.09. The smallest absolute Gasteiger partial charge is 0.315 e. The van der Waals surface area contributed by atoms with E-state index >= 15 is 0 Å². The van der Waals surface area contributed by atoms with E-state index in [1.807, 2.05) is 25.1 Å². The maximum Gasteiger partial charge on any atom is 0.315 e. The predicted molar refractivity (Wildman–Crippen MR) is 72.6 cm³/mol. The van der Waals surface area contributed by atoms with Crippen LogP contribution in [0.3, 0.4) is 0 Å². The van der Waals surface area contributed by atoms with Gasteiger partial charge in [-0.2, -0.15) is 0 Å². The highest BCUT2D eigenvalue weighted by molar-refractivity contribution is 5.74. The van der Waals surface area contributed by atoms with Crippen LogP contribution in [0.2, 0.25) is 0 Å². The van der Waals surface area contributed by atoms with E-state index in [0.717, 1.165) is 12.8 Å². The summed E-state index contributed by atoms with van der Waals surface area (Å²) in [5.74, 6) is 0. The molecule has 1 unspecified atom stereocenters. The van der Waals surface area contributed by atoms with Crippen molar-refractivity contribution in [1.29, 1.82) is 0 Å². The van der Waals surface area contributed by atoms with E-state index in [9.17, 15) is 4.79 Å². The van der Waals surface area contributed by atoms with Crippen LogP contribution in [-0.4, -0.2) is 32.3 Å². The lowest BCUT2D eigenvalue weighted by atomic mass is 10.1. The highest BCUT2D eigenvalue weighted by Crippen LogP contribution is 2.01. The molecule has 0 spiro atoms. The number of nitrogens with one attached hydrogen (secondary N) is 2. The fourth-order valence-electron chi connectivity index (χ4n) is 1.71. The molecule has 0 saturated carbocycles. The molecule has 0 saturated heterocycles. The van der Waals surface area contributed by atoms with Gasteiger partial charge >= 0.3 is 6.03 Å². The zero-order valence-electron chi connectivity index (χ0n) is 11.1. The molecule has 0 aromatic heterocycles. The van der Waals surface area contributed by atoms with Gasteiger partial charge in [-0.15, -0.1) is 0 Å². The van der Waals surface area contributed by atoms with Gasteiger partial charge in [0.2, 0.25) is 0 Å². The number of carbonyl (C=O) groups is 1. The molecule has 2 N–H and O–H groups in total. The Morgan fingerprint density at radius 1 is 1.33 bits per heavy atom. The molecule has 0 radical (unpaired) electrons. The van der Waals surface area contributed by atoms with E-state index in [1.165, 1.54) is 5.56 Å². The molecule has 4 heteroatoms. The Labute approximate surface area is 109 Å². The molecule has 100 valence electrons. The van der Waals surface area contributed by atoms with Gasteiger partial charge in [-0.3, -0.25) is 0 Å². The second-order valence-electron chi connectivity index (χ2n) is 4.35. The van der Waals surface area contributed by atoms with Crippen molar-refractivity contribution in [2.24, 2.45) is 0 Å². The Kier molecular flexibility index (Phi) is 6.87. The normalized spacial score (nSPS) is 11.9. The number of hydrogen-bond acceptors (Lipinski definition) is 2. The van der Waals surface area contributed by atoms with E-state index < -0.39 is 0 Å². The molecule has 0 fully saturated rings. The number of benzene rings is 1. The molecule has 1 rings (SSSR count). The first-order valence-electron chi connectivity index (χ1n) is 6.29. The molecule has 0 heterocycles. The minimum absolute atomic E-state index is 0.0316. The van der Waals surface area contributed by atoms with Crippen LogP contribution in [-0.2, 0) is 11.2 Å². The van der Waals surface area contributed by atoms with Crippen LogP contribution >= 0.6 is 0 Å². The number of amides is 2. The highest BCUT2D eigenvalue weighted by Gasteiger charge is 2.05. The average Bonchev–Trinajstić information content (AvgIpc) is 2.36. The van der Waals surface area contributed by atoms with Crippen molar-refractivity contribution in [3.8, 4) is 0 Å². The largest absolute Gasteiger partial charge is 0.383 e. The van der Waals surface area contributed by atoms with Crippen molar-refractivity contribution in [3.63, 3.8) is 0 Å². The Morgan fingerprint density at radius 2 is 2.06 bits per heavy atom. The molecule has 0 bridgehead atoms. The number of rotatable bonds is 7. The van der Waals surface area contributed by atoms with E-state index in [4.69, 9.17) is 4.74 Å². The number of methoxy groups -OCH3 is 1. The molecule has 1 aromatic rings. The van der Waals surface area contributed by atoms with Crippen LogP contribution in [0.25, 0.3) is 0 Å². The van der Waals surface area contributed by atoms with E-state index in [2.05, 4.69) is 22.8 Å². The minimum Gasteiger partial charge on any atom is -0.383 e. The van der Waals surface area contributed by atoms with Gasteiger partial charge in [0.25, 0.3) is 0 Å². The van der Waals surface area contributed by atoms with E-state index in [-0.39, 0.29) is 12.1 Å². The molecule has 0 aliphatic rings. The SMILES string of the molecule is COCC(C)NC(=O)NCCCc1ccccc1. The van der Waals surface area contributed by atoms with Crippen molar-refractivity contribution in [2.45, 2.75) is 25.8 Å². The summed E-state index contributed by atoms with van der Waals surface area (Å²) in [6.07, 6.45) is 1.92. The van der Waals surface area contributed by atoms with Gasteiger partial charge in [-0.1, -0.05) is 30.3 Å². The van der Waals surface area contributed by atoms with Gasteiger partial charge in [-0.25, -0.2) is 4.79 Å². The maximum absolute atomic E-state index is 11.5. The molecule has 2 amide bonds. The minimum atomic E-state index is -0.132. The topological polar surface area (TPSA) is 50.4 Å². The van der Waals surface area contributed by atoms with Gasteiger partial charge in [0.05, 0.1) is 12.6 Å². The van der Waals surface area contributed by atoms with Crippen LogP contribution in [0, 0.1) is 0 Å². The van der Waals surface area contributed by atoms with Crippen LogP contribution < -0.4 is 10.6 Å². The monoisotopic (exact) mass is 250 g/mol. The van der Waals surface area contributed by atoms with Crippen molar-refractivity contribution < 1.29 is 9.53 Å². The number of urea groups is 1. The van der Waals surface area contributed by atoms with Gasteiger partial charge in [0, 0.05) is 13.7 Å². The summed E-state index contributed by atoms with van der Waals surface area (Å²) < 4.78 is 4.95. The zero-order chi connectivity index (χ0) is 13.2. The van der Waals surface area contributed by atoms with Crippen molar-refractivity contribution in [3.05, 3.63) is 35.9 Å². The van der Waals surface area contributed by atoms with Crippen LogP contribution in [0.5, 0.6) is 0 Å². The number of aryl methyl sites for hydroxylation is 1. The molecule has 18 heavy (non-hydrogen) atoms. The quantitative estimate of drug-likeness (QED) is 0.727. The summed E-state index contributed by atoms with van der Waals surface area (Å²) in [5.41, 5.74) is 1.30. The summed E-state index contributed by atoms with van der Waals surface area (Å²) in [6, 6.07) is 10.2. The van der Waals surface area contributed by atoms with Gasteiger partial charge in [0.1, 0.15) is 0 Å². The Morgan fingerprint density at radius 3 is 2.72 bits per heavy atom. The average molecular weight is 250 g/mol. The zero-order valence-corrected chi connectivity index (χ0v) is 11.1. The first kappa shape index (κ1) is 14.5. The van der Waals surface area contributed by atoms with Crippen molar-refractivity contribution in [2.75, 3.05) is 20.3 Å². The number of hydrogen-bond donors (Lipinski definition) is 2. The second kappa shape index (κ2) is 8.53. The first-order chi connectivity index (χ1) is 8.72. The predicted octanol–water partition coefficient (Wildman–Crippen LogP) is 1.95. The third-order valence-corrected chi connectivity index (χ3v) is 2.56. The van der Waals surface area contributed by atoms with Gasteiger partial charge < -0.3 is 15.4 Å². The van der Waals surface area contributed by atoms with Crippen LogP contribution in [0.1, 0.15) is 18.9 Å². The summed E-state index contributed by atoms with van der Waals surface area (Å²) in [6.45, 7) is 3.12. The molecule has 1 atom stereocenters. The fourth-order valence-corrected chi connectivity index (χ4v) is 1.71. The fraction of sp³-hybridized carbons (Fsp3) is 0.500. The lowest BCUT2D eigenvalue weighted by molar-refractivity contribution is 0.171. The molecular weight excluding hydrogens is 228 g/mol. The molecule has 0 aliphatic heterocycles. The first-order valence-corrected chi connectivity index (χ1v) is 6.29. The third-order valence-electron chi connectivity index (χ3n) is 2.56. The number of ether oxygens (including phenoxy) is 1. The molecule has 4 nitrogen and oxygen atoms in total. The summed E-state index contributed by atoms with van der Waals surface area (Å²) in [7, 11) is 1.62. The second-order valence-corrected chi connectivity index (χ2v) is 4.35. The molecule has 0 aliphatic carbocycles. The Hall–Kier alpha value is -1.55. The van der Waals surface area contributed by atoms with Gasteiger partial charge in [0.15, 0.2) is 0 Å². The summed E-state index contributed by atoms with van der Waals surface area (Å²) in [5, 5.41) is 5.64. The third kappa shape index (κ3) is 6.25. The molecule has 1 aromatic carbocycles. The summed E-state index contributed by atoms with van der Waals surface area (Å²) in [4.78, 5) is 11.5. The lowest BCUT2D eigenvalue weighted by Crippen LogP contribution is -2.42.